The van der Waals surface area contributed by atoms with Crippen molar-refractivity contribution >= 4 is 102 Å². The maximum Gasteiger partial charge on any atom is 0.264 e. The van der Waals surface area contributed by atoms with Crippen molar-refractivity contribution < 1.29 is 19.1 Å². The normalized spacial score (nSPS) is 19.0. The van der Waals surface area contributed by atoms with E-state index in [0.717, 1.165) is 9.37 Å². The Morgan fingerprint density at radius 3 is 1.81 bits per heavy atom. The van der Waals surface area contributed by atoms with E-state index in [1.165, 1.54) is 12.0 Å². The van der Waals surface area contributed by atoms with E-state index in [9.17, 15) is 14.4 Å². The molecule has 0 N–H and O–H groups in total. The molecule has 2 aliphatic rings. The minimum atomic E-state index is -1.16. The molecule has 3 aromatic rings. The fraction of sp³-hybridized carbons (Fsp3) is 0.125. The number of nitrogens with zero attached hydrogens (tertiary/aromatic N) is 2. The van der Waals surface area contributed by atoms with E-state index < -0.39 is 29.8 Å². The van der Waals surface area contributed by atoms with E-state index in [2.05, 4.69) is 31.9 Å². The number of halogens is 6. The van der Waals surface area contributed by atoms with Gasteiger partial charge in [0, 0.05) is 10.2 Å². The number of hydrogen-bond donors (Lipinski definition) is 0. The Kier molecular flexibility index (Phi) is 6.81. The van der Waals surface area contributed by atoms with Crippen LogP contribution in [0, 0.1) is 0 Å². The predicted octanol–water partition coefficient (Wildman–Crippen LogP) is 7.59. The van der Waals surface area contributed by atoms with Crippen molar-refractivity contribution in [2.75, 3.05) is 12.0 Å². The van der Waals surface area contributed by atoms with Crippen LogP contribution in [0.5, 0.6) is 5.75 Å². The smallest absolute Gasteiger partial charge is 0.264 e. The van der Waals surface area contributed by atoms with Crippen molar-refractivity contribution in [3.63, 3.8) is 0 Å². The molecule has 1 fully saturated rings. The third-order valence-corrected chi connectivity index (χ3v) is 9.05. The average molecular weight is 694 g/mol. The number of imide groups is 1. The van der Waals surface area contributed by atoms with Gasteiger partial charge in [-0.25, -0.2) is 0 Å². The maximum atomic E-state index is 13.6. The van der Waals surface area contributed by atoms with Gasteiger partial charge in [0.1, 0.15) is 11.8 Å². The summed E-state index contributed by atoms with van der Waals surface area (Å²) in [4.78, 5) is 43.0. The lowest BCUT2D eigenvalue weighted by molar-refractivity contribution is -0.130. The number of amides is 3. The van der Waals surface area contributed by atoms with E-state index >= 15 is 0 Å². The number of methoxy groups -OCH3 is 1. The van der Waals surface area contributed by atoms with E-state index in [4.69, 9.17) is 51.1 Å². The highest BCUT2D eigenvalue weighted by Crippen LogP contribution is 2.49. The first-order chi connectivity index (χ1) is 17.1. The van der Waals surface area contributed by atoms with Crippen molar-refractivity contribution in [3.05, 3.63) is 88.2 Å². The summed E-state index contributed by atoms with van der Waals surface area (Å²) in [5.74, 6) is -1.41. The van der Waals surface area contributed by atoms with E-state index in [1.54, 1.807) is 42.5 Å². The molecule has 36 heavy (non-hydrogen) atoms. The molecule has 3 aromatic carbocycles. The van der Waals surface area contributed by atoms with Gasteiger partial charge >= 0.3 is 0 Å². The topological polar surface area (TPSA) is 66.9 Å². The molecular weight excluding hydrogens is 682 g/mol. The number of β-lactam (4-membered cyclic amide) rings is 1. The summed E-state index contributed by atoms with van der Waals surface area (Å²) in [5.41, 5.74) is 0.909. The Balaban J connectivity index is 1.64. The monoisotopic (exact) mass is 690 g/mol. The van der Waals surface area contributed by atoms with Crippen LogP contribution < -0.4 is 9.64 Å². The first-order valence-electron chi connectivity index (χ1n) is 10.2. The number of benzene rings is 3. The Labute approximate surface area is 242 Å². The Morgan fingerprint density at radius 2 is 1.31 bits per heavy atom. The van der Waals surface area contributed by atoms with Crippen LogP contribution in [0.2, 0.25) is 20.1 Å². The van der Waals surface area contributed by atoms with E-state index in [1.807, 2.05) is 0 Å². The van der Waals surface area contributed by atoms with Gasteiger partial charge in [0.15, 0.2) is 0 Å². The second kappa shape index (κ2) is 9.49. The molecule has 0 aromatic heterocycles. The molecule has 2 aliphatic heterocycles. The van der Waals surface area contributed by atoms with Gasteiger partial charge in [-0.05, 0) is 57.9 Å². The lowest BCUT2D eigenvalue weighted by atomic mass is 9.86. The Hall–Kier alpha value is -1.81. The van der Waals surface area contributed by atoms with Crippen LogP contribution in [0.15, 0.2) is 51.4 Å². The van der Waals surface area contributed by atoms with Crippen LogP contribution >= 0.6 is 78.3 Å². The van der Waals surface area contributed by atoms with Gasteiger partial charge in [0.2, 0.25) is 0 Å². The second-order valence-electron chi connectivity index (χ2n) is 7.95. The molecule has 0 spiro atoms. The fourth-order valence-electron chi connectivity index (χ4n) is 4.43. The molecule has 184 valence electrons. The highest BCUT2D eigenvalue weighted by molar-refractivity contribution is 9.10. The van der Waals surface area contributed by atoms with Gasteiger partial charge in [-0.1, -0.05) is 68.4 Å². The molecule has 0 aliphatic carbocycles. The molecule has 5 rings (SSSR count). The molecule has 2 unspecified atom stereocenters. The largest absolute Gasteiger partial charge is 0.496 e. The Bertz CT molecular complexity index is 1440. The molecule has 6 nitrogen and oxygen atoms in total. The predicted molar refractivity (Wildman–Crippen MR) is 146 cm³/mol. The minimum Gasteiger partial charge on any atom is -0.496 e. The minimum absolute atomic E-state index is 0.142. The number of hydrogen-bond acceptors (Lipinski definition) is 4. The molecule has 3 amide bonds. The van der Waals surface area contributed by atoms with Crippen molar-refractivity contribution in [3.8, 4) is 5.75 Å². The summed E-state index contributed by atoms with van der Waals surface area (Å²) >= 11 is 31.7. The lowest BCUT2D eigenvalue weighted by Crippen LogP contribution is -2.67. The molecule has 2 atom stereocenters. The summed E-state index contributed by atoms with van der Waals surface area (Å²) in [6, 6.07) is 10.5. The van der Waals surface area contributed by atoms with Gasteiger partial charge in [0.05, 0.1) is 48.8 Å². The zero-order valence-electron chi connectivity index (χ0n) is 18.0. The fourth-order valence-corrected chi connectivity index (χ4v) is 6.27. The van der Waals surface area contributed by atoms with Gasteiger partial charge < -0.3 is 9.64 Å². The van der Waals surface area contributed by atoms with Crippen molar-refractivity contribution in [1.82, 2.24) is 4.90 Å². The summed E-state index contributed by atoms with van der Waals surface area (Å²) in [6.45, 7) is 0. The van der Waals surface area contributed by atoms with Crippen LogP contribution in [0.3, 0.4) is 0 Å². The standard InChI is InChI=1S/C24H12Br2Cl4N2O4/c1-36-13-7-2-9(8-12(13)26)20-21(24(35)31(20)11-5-3-10(25)4-6-11)32-22(33)14-15(23(32)34)17(28)19(30)18(29)16(14)27/h2-8,20-21H,1H3. The van der Waals surface area contributed by atoms with Gasteiger partial charge in [-0.2, -0.15) is 0 Å². The molecule has 1 saturated heterocycles. The number of carbonyl (C=O) groups is 3. The lowest BCUT2D eigenvalue weighted by Gasteiger charge is -2.49. The van der Waals surface area contributed by atoms with Crippen molar-refractivity contribution in [2.24, 2.45) is 0 Å². The molecule has 0 saturated carbocycles. The quantitative estimate of drug-likeness (QED) is 0.122. The maximum absolute atomic E-state index is 13.6. The third-order valence-electron chi connectivity index (χ3n) is 6.10. The number of anilines is 1. The SMILES string of the molecule is COc1ccc(C2C(N3C(=O)c4c(Cl)c(Cl)c(Cl)c(Cl)c4C3=O)C(=O)N2c2ccc(Br)cc2)cc1Br. The molecule has 2 heterocycles. The van der Waals surface area contributed by atoms with Crippen LogP contribution in [0.25, 0.3) is 0 Å². The molecule has 0 radical (unpaired) electrons. The van der Waals surface area contributed by atoms with Gasteiger partial charge in [-0.15, -0.1) is 0 Å². The zero-order chi connectivity index (χ0) is 26.0. The first-order valence-corrected chi connectivity index (χ1v) is 13.3. The molecule has 12 heteroatoms. The second-order valence-corrected chi connectivity index (χ2v) is 11.2. The van der Waals surface area contributed by atoms with Crippen molar-refractivity contribution in [2.45, 2.75) is 12.1 Å². The summed E-state index contributed by atoms with van der Waals surface area (Å²) < 4.78 is 6.80. The Morgan fingerprint density at radius 1 is 0.750 bits per heavy atom. The average Bonchev–Trinajstić information content (AvgIpc) is 3.11. The molecule has 0 bridgehead atoms. The van der Waals surface area contributed by atoms with E-state index in [0.29, 0.717) is 21.5 Å². The highest BCUT2D eigenvalue weighted by Gasteiger charge is 2.58. The van der Waals surface area contributed by atoms with Crippen LogP contribution in [-0.2, 0) is 4.79 Å². The number of ether oxygens (including phenoxy) is 1. The van der Waals surface area contributed by atoms with Crippen LogP contribution in [0.1, 0.15) is 32.3 Å². The molecular formula is C24H12Br2Cl4N2O4. The first kappa shape index (κ1) is 25.8. The van der Waals surface area contributed by atoms with Crippen molar-refractivity contribution in [1.29, 1.82) is 0 Å². The van der Waals surface area contributed by atoms with Gasteiger partial charge in [-0.3, -0.25) is 19.3 Å². The van der Waals surface area contributed by atoms with Crippen LogP contribution in [0.4, 0.5) is 5.69 Å². The van der Waals surface area contributed by atoms with Gasteiger partial charge in [0.25, 0.3) is 17.7 Å². The zero-order valence-corrected chi connectivity index (χ0v) is 24.2. The number of rotatable bonds is 4. The number of carbonyl (C=O) groups excluding carboxylic acids is 3. The summed E-state index contributed by atoms with van der Waals surface area (Å²) in [6.07, 6.45) is 0. The summed E-state index contributed by atoms with van der Waals surface area (Å²) in [5, 5.41) is -0.668. The third kappa shape index (κ3) is 3.77. The highest BCUT2D eigenvalue weighted by atomic mass is 79.9. The summed E-state index contributed by atoms with van der Waals surface area (Å²) in [7, 11) is 1.53. The van der Waals surface area contributed by atoms with Crippen LogP contribution in [-0.4, -0.2) is 35.8 Å². The number of fused-ring (bicyclic) bond motifs is 1. The van der Waals surface area contributed by atoms with E-state index in [-0.39, 0.29) is 31.2 Å².